The summed E-state index contributed by atoms with van der Waals surface area (Å²) in [5, 5.41) is 2.99. The van der Waals surface area contributed by atoms with Gasteiger partial charge in [0.05, 0.1) is 11.4 Å². The number of sulfonamides is 1. The van der Waals surface area contributed by atoms with Gasteiger partial charge in [-0.1, -0.05) is 17.7 Å². The highest BCUT2D eigenvalue weighted by Gasteiger charge is 2.29. The lowest BCUT2D eigenvalue weighted by molar-refractivity contribution is -0.122. The Morgan fingerprint density at radius 2 is 2.11 bits per heavy atom. The van der Waals surface area contributed by atoms with E-state index in [9.17, 15) is 13.2 Å². The van der Waals surface area contributed by atoms with Gasteiger partial charge in [-0.25, -0.2) is 8.42 Å². The Labute approximate surface area is 111 Å². The molecule has 1 N–H and O–H groups in total. The third-order valence-electron chi connectivity index (χ3n) is 2.78. The van der Waals surface area contributed by atoms with E-state index in [0.29, 0.717) is 11.6 Å². The first kappa shape index (κ1) is 13.3. The molecular weight excluding hydrogens is 276 g/mol. The normalized spacial score (nSPS) is 17.6. The minimum Gasteiger partial charge on any atom is -0.354 e. The summed E-state index contributed by atoms with van der Waals surface area (Å²) in [6.07, 6.45) is 0. The molecule has 1 saturated heterocycles. The lowest BCUT2D eigenvalue weighted by Crippen LogP contribution is -2.49. The lowest BCUT2D eigenvalue weighted by Gasteiger charge is -2.26. The fraction of sp³-hybridized carbons (Fsp3) is 0.364. The third-order valence-corrected chi connectivity index (χ3v) is 5.03. The minimum atomic E-state index is -3.65. The monoisotopic (exact) mass is 288 g/mol. The Morgan fingerprint density at radius 1 is 1.39 bits per heavy atom. The Kier molecular flexibility index (Phi) is 3.61. The van der Waals surface area contributed by atoms with E-state index in [0.717, 1.165) is 9.87 Å². The highest BCUT2D eigenvalue weighted by Crippen LogP contribution is 2.22. The second kappa shape index (κ2) is 4.87. The van der Waals surface area contributed by atoms with Crippen molar-refractivity contribution in [3.05, 3.63) is 28.8 Å². The number of aryl methyl sites for hydroxylation is 1. The van der Waals surface area contributed by atoms with Crippen molar-refractivity contribution in [2.24, 2.45) is 0 Å². The van der Waals surface area contributed by atoms with Gasteiger partial charge in [0, 0.05) is 18.1 Å². The zero-order chi connectivity index (χ0) is 13.3. The van der Waals surface area contributed by atoms with E-state index in [1.807, 2.05) is 0 Å². The van der Waals surface area contributed by atoms with Crippen molar-refractivity contribution in [1.82, 2.24) is 9.62 Å². The van der Waals surface area contributed by atoms with Gasteiger partial charge in [0.2, 0.25) is 15.9 Å². The number of hydrogen-bond donors (Lipinski definition) is 1. The predicted molar refractivity (Wildman–Crippen MR) is 68.0 cm³/mol. The van der Waals surface area contributed by atoms with Crippen LogP contribution in [0.25, 0.3) is 0 Å². The molecule has 0 atom stereocenters. The fourth-order valence-electron chi connectivity index (χ4n) is 1.70. The lowest BCUT2D eigenvalue weighted by atomic mass is 10.2. The van der Waals surface area contributed by atoms with E-state index >= 15 is 0 Å². The van der Waals surface area contributed by atoms with Crippen LogP contribution in [0.4, 0.5) is 0 Å². The summed E-state index contributed by atoms with van der Waals surface area (Å²) in [6.45, 7) is 2.26. The van der Waals surface area contributed by atoms with Crippen LogP contribution in [-0.4, -0.2) is 38.3 Å². The molecule has 1 heterocycles. The van der Waals surface area contributed by atoms with Gasteiger partial charge in [0.1, 0.15) is 0 Å². The zero-order valence-corrected chi connectivity index (χ0v) is 11.4. The van der Waals surface area contributed by atoms with Crippen LogP contribution in [0.2, 0.25) is 5.02 Å². The van der Waals surface area contributed by atoms with Crippen molar-refractivity contribution in [3.8, 4) is 0 Å². The molecular formula is C11H13ClN2O3S. The maximum absolute atomic E-state index is 12.3. The van der Waals surface area contributed by atoms with Gasteiger partial charge in [-0.3, -0.25) is 4.79 Å². The van der Waals surface area contributed by atoms with Crippen molar-refractivity contribution in [2.75, 3.05) is 19.6 Å². The van der Waals surface area contributed by atoms with E-state index in [4.69, 9.17) is 11.6 Å². The molecule has 7 heteroatoms. The Bertz CT molecular complexity index is 586. The average Bonchev–Trinajstić information content (AvgIpc) is 2.32. The maximum atomic E-state index is 12.3. The molecule has 0 unspecified atom stereocenters. The van der Waals surface area contributed by atoms with Crippen LogP contribution >= 0.6 is 11.6 Å². The van der Waals surface area contributed by atoms with E-state index in [2.05, 4.69) is 5.32 Å². The molecule has 0 bridgehead atoms. The largest absolute Gasteiger partial charge is 0.354 e. The van der Waals surface area contributed by atoms with Crippen LogP contribution in [-0.2, 0) is 14.8 Å². The number of benzene rings is 1. The molecule has 18 heavy (non-hydrogen) atoms. The maximum Gasteiger partial charge on any atom is 0.243 e. The molecule has 1 aromatic rings. The summed E-state index contributed by atoms with van der Waals surface area (Å²) in [5.74, 6) is -0.289. The van der Waals surface area contributed by atoms with Crippen molar-refractivity contribution in [3.63, 3.8) is 0 Å². The molecule has 0 aliphatic carbocycles. The number of carbonyl (C=O) groups is 1. The van der Waals surface area contributed by atoms with Crippen molar-refractivity contribution in [2.45, 2.75) is 11.8 Å². The molecule has 1 aliphatic rings. The summed E-state index contributed by atoms with van der Waals surface area (Å²) >= 11 is 5.93. The second-order valence-electron chi connectivity index (χ2n) is 4.10. The molecule has 1 fully saturated rings. The highest BCUT2D eigenvalue weighted by molar-refractivity contribution is 7.89. The number of halogens is 1. The van der Waals surface area contributed by atoms with Crippen molar-refractivity contribution < 1.29 is 13.2 Å². The molecule has 0 saturated carbocycles. The molecule has 5 nitrogen and oxygen atoms in total. The molecule has 0 radical (unpaired) electrons. The molecule has 2 rings (SSSR count). The molecule has 1 amide bonds. The summed E-state index contributed by atoms with van der Waals surface area (Å²) in [7, 11) is -3.65. The first-order chi connectivity index (χ1) is 8.41. The van der Waals surface area contributed by atoms with Gasteiger partial charge in [-0.15, -0.1) is 0 Å². The number of amides is 1. The molecule has 0 spiro atoms. The van der Waals surface area contributed by atoms with E-state index in [1.54, 1.807) is 13.0 Å². The fourth-order valence-corrected chi connectivity index (χ4v) is 3.37. The smallest absolute Gasteiger partial charge is 0.243 e. The van der Waals surface area contributed by atoms with E-state index in [1.165, 1.54) is 12.1 Å². The minimum absolute atomic E-state index is 0.118. The van der Waals surface area contributed by atoms with Crippen LogP contribution in [0.1, 0.15) is 5.56 Å². The van der Waals surface area contributed by atoms with Crippen LogP contribution in [0.15, 0.2) is 23.1 Å². The van der Waals surface area contributed by atoms with Gasteiger partial charge in [-0.2, -0.15) is 4.31 Å². The van der Waals surface area contributed by atoms with Crippen LogP contribution in [0, 0.1) is 6.92 Å². The van der Waals surface area contributed by atoms with Crippen LogP contribution in [0.3, 0.4) is 0 Å². The van der Waals surface area contributed by atoms with Gasteiger partial charge in [0.25, 0.3) is 0 Å². The quantitative estimate of drug-likeness (QED) is 0.874. The van der Waals surface area contributed by atoms with Crippen LogP contribution in [0.5, 0.6) is 0 Å². The summed E-state index contributed by atoms with van der Waals surface area (Å²) in [4.78, 5) is 11.3. The summed E-state index contributed by atoms with van der Waals surface area (Å²) < 4.78 is 25.7. The van der Waals surface area contributed by atoms with Gasteiger partial charge in [-0.05, 0) is 24.6 Å². The zero-order valence-electron chi connectivity index (χ0n) is 9.81. The Morgan fingerprint density at radius 3 is 2.72 bits per heavy atom. The van der Waals surface area contributed by atoms with Crippen molar-refractivity contribution in [1.29, 1.82) is 0 Å². The van der Waals surface area contributed by atoms with Crippen LogP contribution < -0.4 is 5.32 Å². The standard InChI is InChI=1S/C11H13ClN2O3S/c1-8-2-3-9(6-10(8)12)18(16,17)14-5-4-13-11(15)7-14/h2-3,6H,4-5,7H2,1H3,(H,13,15). The molecule has 1 aliphatic heterocycles. The summed E-state index contributed by atoms with van der Waals surface area (Å²) in [5.41, 5.74) is 0.812. The molecule has 98 valence electrons. The summed E-state index contributed by atoms with van der Waals surface area (Å²) in [6, 6.07) is 4.57. The topological polar surface area (TPSA) is 66.5 Å². The average molecular weight is 289 g/mol. The van der Waals surface area contributed by atoms with Gasteiger partial charge >= 0.3 is 0 Å². The Hall–Kier alpha value is -1.11. The van der Waals surface area contributed by atoms with Gasteiger partial charge in [0.15, 0.2) is 0 Å². The third kappa shape index (κ3) is 2.50. The van der Waals surface area contributed by atoms with E-state index in [-0.39, 0.29) is 23.9 Å². The number of piperazine rings is 1. The first-order valence-corrected chi connectivity index (χ1v) is 7.26. The Balaban J connectivity index is 2.35. The SMILES string of the molecule is Cc1ccc(S(=O)(=O)N2CCNC(=O)C2)cc1Cl. The molecule has 0 aromatic heterocycles. The second-order valence-corrected chi connectivity index (χ2v) is 6.44. The number of rotatable bonds is 2. The number of carbonyl (C=O) groups excluding carboxylic acids is 1. The van der Waals surface area contributed by atoms with Crippen molar-refractivity contribution >= 4 is 27.5 Å². The highest BCUT2D eigenvalue weighted by atomic mass is 35.5. The predicted octanol–water partition coefficient (Wildman–Crippen LogP) is 0.769. The first-order valence-electron chi connectivity index (χ1n) is 5.44. The number of hydrogen-bond acceptors (Lipinski definition) is 3. The number of nitrogens with one attached hydrogen (secondary N) is 1. The molecule has 1 aromatic carbocycles. The van der Waals surface area contributed by atoms with Gasteiger partial charge < -0.3 is 5.32 Å². The van der Waals surface area contributed by atoms with E-state index < -0.39 is 10.0 Å². The number of nitrogens with zero attached hydrogens (tertiary/aromatic N) is 1.